The van der Waals surface area contributed by atoms with Gasteiger partial charge >= 0.3 is 0 Å². The zero-order valence-electron chi connectivity index (χ0n) is 24.4. The Labute approximate surface area is 276 Å². The van der Waals surface area contributed by atoms with Crippen molar-refractivity contribution in [3.63, 3.8) is 0 Å². The number of alkyl halides is 2. The summed E-state index contributed by atoms with van der Waals surface area (Å²) in [6.45, 7) is 0. The SMILES string of the molecule is COc1ccc([C@H]2C3=CC[C@@H]4C(=O)N(c5cccc([N+](=O)[O-])c5)C(=O)[C@@H]4[C@@H]3C[C@@]3(Cl)C(=O)N(c4ccc(F)cc4)C(=O)[C@@]23Cl)cc1O. The lowest BCUT2D eigenvalue weighted by Crippen LogP contribution is -2.60. The molecule has 7 rings (SSSR count). The summed E-state index contributed by atoms with van der Waals surface area (Å²) >= 11 is 14.6. The molecule has 2 aliphatic heterocycles. The average Bonchev–Trinajstić information content (AvgIpc) is 3.39. The van der Waals surface area contributed by atoms with Crippen molar-refractivity contribution in [2.45, 2.75) is 28.5 Å². The van der Waals surface area contributed by atoms with Crippen LogP contribution in [0.2, 0.25) is 0 Å². The van der Waals surface area contributed by atoms with Crippen molar-refractivity contribution in [1.82, 2.24) is 0 Å². The second kappa shape index (κ2) is 10.6. The fourth-order valence-corrected chi connectivity index (χ4v) is 8.59. The number of non-ortho nitro benzene ring substituents is 1. The number of imide groups is 2. The summed E-state index contributed by atoms with van der Waals surface area (Å²) in [7, 11) is 1.36. The van der Waals surface area contributed by atoms with Crippen LogP contribution in [0.4, 0.5) is 21.5 Å². The van der Waals surface area contributed by atoms with Gasteiger partial charge in [-0.3, -0.25) is 29.3 Å². The van der Waals surface area contributed by atoms with Gasteiger partial charge < -0.3 is 9.84 Å². The number of carbonyl (C=O) groups excluding carboxylic acids is 4. The summed E-state index contributed by atoms with van der Waals surface area (Å²) in [6.07, 6.45) is 1.48. The molecule has 3 fully saturated rings. The summed E-state index contributed by atoms with van der Waals surface area (Å²) in [5.74, 6) is -7.69. The largest absolute Gasteiger partial charge is 0.504 e. The summed E-state index contributed by atoms with van der Waals surface area (Å²) in [4.78, 5) is 64.8. The van der Waals surface area contributed by atoms with Crippen LogP contribution in [-0.4, -0.2) is 50.5 Å². The van der Waals surface area contributed by atoms with Crippen LogP contribution in [0.5, 0.6) is 11.5 Å². The van der Waals surface area contributed by atoms with Crippen molar-refractivity contribution in [2.24, 2.45) is 17.8 Å². The van der Waals surface area contributed by atoms with Crippen LogP contribution in [0.3, 0.4) is 0 Å². The normalized spacial score (nSPS) is 29.7. The molecule has 6 atom stereocenters. The quantitative estimate of drug-likeness (QED) is 0.127. The van der Waals surface area contributed by atoms with E-state index >= 15 is 0 Å². The van der Waals surface area contributed by atoms with E-state index in [9.17, 15) is 38.8 Å². The number of nitro groups is 1. The van der Waals surface area contributed by atoms with Crippen molar-refractivity contribution in [1.29, 1.82) is 0 Å². The van der Waals surface area contributed by atoms with Crippen LogP contribution < -0.4 is 14.5 Å². The number of anilines is 2. The number of rotatable bonds is 5. The van der Waals surface area contributed by atoms with Gasteiger partial charge in [-0.15, -0.1) is 23.2 Å². The van der Waals surface area contributed by atoms with E-state index in [-0.39, 0.29) is 41.4 Å². The number of nitrogens with zero attached hydrogens (tertiary/aromatic N) is 3. The molecule has 0 unspecified atom stereocenters. The van der Waals surface area contributed by atoms with Gasteiger partial charge in [-0.25, -0.2) is 14.2 Å². The molecule has 1 saturated carbocycles. The second-order valence-electron chi connectivity index (χ2n) is 12.0. The maximum atomic E-state index is 14.4. The monoisotopic (exact) mass is 679 g/mol. The number of hydrogen-bond acceptors (Lipinski definition) is 8. The number of benzene rings is 3. The van der Waals surface area contributed by atoms with Crippen LogP contribution in [0.25, 0.3) is 0 Å². The van der Waals surface area contributed by atoms with E-state index in [1.165, 1.54) is 49.6 Å². The van der Waals surface area contributed by atoms with Gasteiger partial charge in [-0.1, -0.05) is 23.8 Å². The van der Waals surface area contributed by atoms with E-state index in [2.05, 4.69) is 0 Å². The fraction of sp³-hybridized carbons (Fsp3) is 0.273. The van der Waals surface area contributed by atoms with Crippen LogP contribution in [0.15, 0.2) is 78.4 Å². The lowest BCUT2D eigenvalue weighted by molar-refractivity contribution is -0.384. The van der Waals surface area contributed by atoms with Crippen LogP contribution >= 0.6 is 23.2 Å². The zero-order chi connectivity index (χ0) is 33.6. The maximum absolute atomic E-state index is 14.4. The Balaban J connectivity index is 1.39. The predicted octanol–water partition coefficient (Wildman–Crippen LogP) is 5.22. The first-order valence-corrected chi connectivity index (χ1v) is 15.3. The molecule has 0 bridgehead atoms. The van der Waals surface area contributed by atoms with E-state index in [4.69, 9.17) is 27.9 Å². The molecule has 1 N–H and O–H groups in total. The topological polar surface area (TPSA) is 147 Å². The van der Waals surface area contributed by atoms with Crippen LogP contribution in [0.1, 0.15) is 24.3 Å². The highest BCUT2D eigenvalue weighted by atomic mass is 35.5. The van der Waals surface area contributed by atoms with E-state index < -0.39 is 67.8 Å². The lowest BCUT2D eigenvalue weighted by Gasteiger charge is -2.50. The number of fused-ring (bicyclic) bond motifs is 4. The van der Waals surface area contributed by atoms with Gasteiger partial charge in [0.1, 0.15) is 5.82 Å². The average molecular weight is 680 g/mol. The number of hydrogen-bond donors (Lipinski definition) is 1. The van der Waals surface area contributed by atoms with E-state index in [0.29, 0.717) is 11.1 Å². The van der Waals surface area contributed by atoms with Crippen molar-refractivity contribution in [3.8, 4) is 11.5 Å². The molecule has 4 amide bonds. The third kappa shape index (κ3) is 4.17. The van der Waals surface area contributed by atoms with Gasteiger partial charge in [0, 0.05) is 18.1 Å². The molecule has 2 aliphatic carbocycles. The number of amides is 4. The summed E-state index contributed by atoms with van der Waals surface area (Å²) < 4.78 is 19.0. The molecule has 11 nitrogen and oxygen atoms in total. The Hall–Kier alpha value is -4.81. The Morgan fingerprint density at radius 2 is 1.66 bits per heavy atom. The number of ether oxygens (including phenoxy) is 1. The van der Waals surface area contributed by atoms with E-state index in [1.54, 1.807) is 12.1 Å². The van der Waals surface area contributed by atoms with Gasteiger partial charge in [-0.2, -0.15) is 0 Å². The molecule has 3 aromatic carbocycles. The van der Waals surface area contributed by atoms with Crippen LogP contribution in [-0.2, 0) is 19.2 Å². The number of phenolic OH excluding ortho intramolecular Hbond substituents is 1. The summed E-state index contributed by atoms with van der Waals surface area (Å²) in [5, 5.41) is 22.2. The first kappa shape index (κ1) is 30.8. The Morgan fingerprint density at radius 1 is 0.936 bits per heavy atom. The first-order valence-electron chi connectivity index (χ1n) is 14.5. The van der Waals surface area contributed by atoms with Gasteiger partial charge in [-0.05, 0) is 66.8 Å². The molecular weight excluding hydrogens is 656 g/mol. The second-order valence-corrected chi connectivity index (χ2v) is 13.2. The van der Waals surface area contributed by atoms with Crippen molar-refractivity contribution < 1.29 is 38.3 Å². The molecule has 4 aliphatic rings. The fourth-order valence-electron chi connectivity index (χ4n) is 7.66. The van der Waals surface area contributed by atoms with E-state index in [0.717, 1.165) is 28.0 Å². The summed E-state index contributed by atoms with van der Waals surface area (Å²) in [5.41, 5.74) is 0.528. The van der Waals surface area contributed by atoms with Gasteiger partial charge in [0.05, 0.1) is 35.2 Å². The number of aromatic hydroxyl groups is 1. The van der Waals surface area contributed by atoms with Gasteiger partial charge in [0.15, 0.2) is 21.2 Å². The molecule has 2 heterocycles. The Morgan fingerprint density at radius 3 is 2.32 bits per heavy atom. The Kier molecular flexibility index (Phi) is 6.96. The number of methoxy groups -OCH3 is 1. The molecule has 0 aromatic heterocycles. The standard InChI is InChI=1S/C33H24Cl2FN3O8/c1-47-25-12-5-16(13-24(25)40)27-21-10-11-22-26(29(42)37(28(22)41)19-3-2-4-20(14-19)39(45)46)23(21)15-32(34)30(43)38(31(44)33(27,32)35)18-8-6-17(36)7-9-18/h2-10,12-14,22-23,26-27,40H,11,15H2,1H3/t22-,23+,26-,27-,32+,33-/m0/s1. The first-order chi connectivity index (χ1) is 22.3. The molecule has 2 saturated heterocycles. The minimum absolute atomic E-state index is 0.0273. The molecule has 14 heteroatoms. The highest BCUT2D eigenvalue weighted by Crippen LogP contribution is 2.66. The molecule has 3 aromatic rings. The third-order valence-corrected chi connectivity index (χ3v) is 11.1. The van der Waals surface area contributed by atoms with Crippen molar-refractivity contribution in [3.05, 3.63) is 99.9 Å². The van der Waals surface area contributed by atoms with Crippen LogP contribution in [0, 0.1) is 33.7 Å². The molecule has 0 radical (unpaired) electrons. The van der Waals surface area contributed by atoms with E-state index in [1.807, 2.05) is 0 Å². The number of phenols is 1. The number of halogens is 3. The predicted molar refractivity (Wildman–Crippen MR) is 167 cm³/mol. The van der Waals surface area contributed by atoms with Gasteiger partial charge in [0.2, 0.25) is 11.8 Å². The Bertz CT molecular complexity index is 1950. The third-order valence-electron chi connectivity index (χ3n) is 9.73. The summed E-state index contributed by atoms with van der Waals surface area (Å²) in [6, 6.07) is 14.2. The van der Waals surface area contributed by atoms with Crippen molar-refractivity contribution in [2.75, 3.05) is 16.9 Å². The lowest BCUT2D eigenvalue weighted by atomic mass is 9.56. The molecule has 240 valence electrons. The zero-order valence-corrected chi connectivity index (χ0v) is 25.9. The number of allylic oxidation sites excluding steroid dienone is 2. The minimum Gasteiger partial charge on any atom is -0.504 e. The van der Waals surface area contributed by atoms with Gasteiger partial charge in [0.25, 0.3) is 17.5 Å². The minimum atomic E-state index is -2.18. The molecule has 47 heavy (non-hydrogen) atoms. The smallest absolute Gasteiger partial charge is 0.271 e. The number of carbonyl (C=O) groups is 4. The highest BCUT2D eigenvalue weighted by molar-refractivity contribution is 6.58. The van der Waals surface area contributed by atoms with Crippen molar-refractivity contribution >= 4 is 63.9 Å². The number of nitro benzene ring substituents is 1. The molecular formula is C33H24Cl2FN3O8. The molecule has 0 spiro atoms. The highest BCUT2D eigenvalue weighted by Gasteiger charge is 2.76. The maximum Gasteiger partial charge on any atom is 0.271 e.